The second kappa shape index (κ2) is 10.9. The molecule has 0 spiro atoms. The number of amides is 1. The molecule has 1 heterocycles. The van der Waals surface area contributed by atoms with E-state index in [1.165, 1.54) is 18.4 Å². The summed E-state index contributed by atoms with van der Waals surface area (Å²) < 4.78 is 27.6. The molecule has 3 rings (SSSR count). The maximum Gasteiger partial charge on any atom is 0.240 e. The Labute approximate surface area is 186 Å². The van der Waals surface area contributed by atoms with Crippen molar-refractivity contribution in [2.75, 3.05) is 19.6 Å². The maximum atomic E-state index is 12.5. The Morgan fingerprint density at radius 2 is 1.87 bits per heavy atom. The number of carbonyl (C=O) groups excluding carboxylic acids is 1. The van der Waals surface area contributed by atoms with Crippen molar-refractivity contribution in [1.29, 1.82) is 0 Å². The Morgan fingerprint density at radius 1 is 1.10 bits per heavy atom. The van der Waals surface area contributed by atoms with Gasteiger partial charge in [0, 0.05) is 32.1 Å². The highest BCUT2D eigenvalue weighted by atomic mass is 32.2. The van der Waals surface area contributed by atoms with Crippen LogP contribution in [0.25, 0.3) is 0 Å². The molecule has 1 aliphatic heterocycles. The number of benzene rings is 2. The summed E-state index contributed by atoms with van der Waals surface area (Å²) in [4.78, 5) is 15.0. The monoisotopic (exact) mass is 443 g/mol. The molecule has 1 fully saturated rings. The van der Waals surface area contributed by atoms with Crippen LogP contribution in [0.5, 0.6) is 0 Å². The molecule has 1 saturated heterocycles. The van der Waals surface area contributed by atoms with Gasteiger partial charge in [-0.3, -0.25) is 9.69 Å². The number of likely N-dealkylation sites (tertiary alicyclic amines) is 1. The highest BCUT2D eigenvalue weighted by Gasteiger charge is 2.23. The quantitative estimate of drug-likeness (QED) is 0.624. The molecule has 2 N–H and O–H groups in total. The standard InChI is InChI=1S/C24H33N3O3S/c1-19-11-12-23(20(2)16-19)31(29,30)26-14-13-24(28)25-17-22-10-6-7-15-27(22)18-21-8-4-3-5-9-21/h3-5,8-9,11-12,16,22,26H,6-7,10,13-15,17-18H2,1-2H3,(H,25,28). The van der Waals surface area contributed by atoms with E-state index in [0.717, 1.165) is 25.1 Å². The van der Waals surface area contributed by atoms with Gasteiger partial charge >= 0.3 is 0 Å². The minimum atomic E-state index is -3.62. The van der Waals surface area contributed by atoms with Crippen LogP contribution in [0.4, 0.5) is 0 Å². The number of hydrogen-bond acceptors (Lipinski definition) is 4. The van der Waals surface area contributed by atoms with E-state index in [4.69, 9.17) is 0 Å². The third-order valence-corrected chi connectivity index (χ3v) is 7.40. The number of nitrogens with zero attached hydrogens (tertiary/aromatic N) is 1. The molecule has 0 aliphatic carbocycles. The third kappa shape index (κ3) is 6.89. The largest absolute Gasteiger partial charge is 0.354 e. The summed E-state index contributed by atoms with van der Waals surface area (Å²) >= 11 is 0. The molecule has 168 valence electrons. The van der Waals surface area contributed by atoms with Gasteiger partial charge in [-0.25, -0.2) is 13.1 Å². The SMILES string of the molecule is Cc1ccc(S(=O)(=O)NCCC(=O)NCC2CCCCN2Cc2ccccc2)c(C)c1. The summed E-state index contributed by atoms with van der Waals surface area (Å²) in [5, 5.41) is 3.00. The summed E-state index contributed by atoms with van der Waals surface area (Å²) in [5.41, 5.74) is 2.99. The summed E-state index contributed by atoms with van der Waals surface area (Å²) in [5.74, 6) is -0.131. The zero-order valence-electron chi connectivity index (χ0n) is 18.4. The second-order valence-electron chi connectivity index (χ2n) is 8.33. The fourth-order valence-corrected chi connectivity index (χ4v) is 5.37. The Kier molecular flexibility index (Phi) is 8.23. The first-order valence-corrected chi connectivity index (χ1v) is 12.4. The number of nitrogens with one attached hydrogen (secondary N) is 2. The highest BCUT2D eigenvalue weighted by Crippen LogP contribution is 2.19. The Balaban J connectivity index is 1.45. The van der Waals surface area contributed by atoms with E-state index in [0.29, 0.717) is 18.2 Å². The van der Waals surface area contributed by atoms with Crippen LogP contribution >= 0.6 is 0 Å². The minimum Gasteiger partial charge on any atom is -0.354 e. The molecule has 1 atom stereocenters. The van der Waals surface area contributed by atoms with Crippen LogP contribution in [0.15, 0.2) is 53.4 Å². The maximum absolute atomic E-state index is 12.5. The number of carbonyl (C=O) groups is 1. The topological polar surface area (TPSA) is 78.5 Å². The highest BCUT2D eigenvalue weighted by molar-refractivity contribution is 7.89. The van der Waals surface area contributed by atoms with Gasteiger partial charge < -0.3 is 5.32 Å². The Bertz CT molecular complexity index is 977. The van der Waals surface area contributed by atoms with Crippen LogP contribution < -0.4 is 10.0 Å². The molecule has 1 unspecified atom stereocenters. The third-order valence-electron chi connectivity index (χ3n) is 5.78. The lowest BCUT2D eigenvalue weighted by atomic mass is 10.0. The molecule has 7 heteroatoms. The number of aryl methyl sites for hydroxylation is 2. The van der Waals surface area contributed by atoms with Crippen molar-refractivity contribution in [3.05, 3.63) is 65.2 Å². The van der Waals surface area contributed by atoms with Crippen molar-refractivity contribution in [3.8, 4) is 0 Å². The van der Waals surface area contributed by atoms with E-state index >= 15 is 0 Å². The fraction of sp³-hybridized carbons (Fsp3) is 0.458. The van der Waals surface area contributed by atoms with Crippen molar-refractivity contribution in [2.24, 2.45) is 0 Å². The van der Waals surface area contributed by atoms with Crippen molar-refractivity contribution in [2.45, 2.75) is 57.0 Å². The predicted octanol–water partition coefficient (Wildman–Crippen LogP) is 3.14. The molecule has 2 aromatic rings. The van der Waals surface area contributed by atoms with Crippen molar-refractivity contribution < 1.29 is 13.2 Å². The lowest BCUT2D eigenvalue weighted by Gasteiger charge is -2.36. The van der Waals surface area contributed by atoms with E-state index in [1.807, 2.05) is 19.1 Å². The van der Waals surface area contributed by atoms with E-state index < -0.39 is 10.0 Å². The Morgan fingerprint density at radius 3 is 2.61 bits per heavy atom. The number of rotatable bonds is 9. The average Bonchev–Trinajstić information content (AvgIpc) is 2.73. The van der Waals surface area contributed by atoms with Crippen molar-refractivity contribution in [3.63, 3.8) is 0 Å². The molecule has 1 amide bonds. The van der Waals surface area contributed by atoms with Gasteiger partial charge in [-0.05, 0) is 50.4 Å². The molecule has 0 bridgehead atoms. The molecule has 1 aliphatic rings. The van der Waals surface area contributed by atoms with Gasteiger partial charge in [0.15, 0.2) is 0 Å². The van der Waals surface area contributed by atoms with Crippen LogP contribution in [0.3, 0.4) is 0 Å². The van der Waals surface area contributed by atoms with Gasteiger partial charge in [0.2, 0.25) is 15.9 Å². The Hall–Kier alpha value is -2.22. The first kappa shape index (κ1) is 23.4. The number of hydrogen-bond donors (Lipinski definition) is 2. The number of piperidine rings is 1. The predicted molar refractivity (Wildman–Crippen MR) is 123 cm³/mol. The molecule has 2 aromatic carbocycles. The normalized spacial score (nSPS) is 17.4. The van der Waals surface area contributed by atoms with Crippen LogP contribution in [-0.2, 0) is 21.4 Å². The van der Waals surface area contributed by atoms with Gasteiger partial charge in [-0.1, -0.05) is 54.4 Å². The molecular weight excluding hydrogens is 410 g/mol. The average molecular weight is 444 g/mol. The summed E-state index contributed by atoms with van der Waals surface area (Å²) in [6, 6.07) is 15.9. The van der Waals surface area contributed by atoms with Gasteiger partial charge in [0.05, 0.1) is 4.90 Å². The molecular formula is C24H33N3O3S. The lowest BCUT2D eigenvalue weighted by Crippen LogP contribution is -2.46. The first-order chi connectivity index (χ1) is 14.8. The zero-order valence-corrected chi connectivity index (χ0v) is 19.2. The molecule has 0 radical (unpaired) electrons. The fourth-order valence-electron chi connectivity index (χ4n) is 4.11. The molecule has 31 heavy (non-hydrogen) atoms. The van der Waals surface area contributed by atoms with Crippen molar-refractivity contribution in [1.82, 2.24) is 14.9 Å². The minimum absolute atomic E-state index is 0.0832. The summed E-state index contributed by atoms with van der Waals surface area (Å²) in [6.45, 7) is 6.30. The lowest BCUT2D eigenvalue weighted by molar-refractivity contribution is -0.121. The van der Waals surface area contributed by atoms with Crippen LogP contribution in [0.1, 0.15) is 42.4 Å². The molecule has 0 saturated carbocycles. The van der Waals surface area contributed by atoms with E-state index in [1.54, 1.807) is 19.1 Å². The van der Waals surface area contributed by atoms with Crippen molar-refractivity contribution >= 4 is 15.9 Å². The van der Waals surface area contributed by atoms with Crippen LogP contribution in [0, 0.1) is 13.8 Å². The zero-order chi connectivity index (χ0) is 22.3. The van der Waals surface area contributed by atoms with Gasteiger partial charge in [0.1, 0.15) is 0 Å². The second-order valence-corrected chi connectivity index (χ2v) is 10.1. The van der Waals surface area contributed by atoms with E-state index in [-0.39, 0.29) is 23.8 Å². The van der Waals surface area contributed by atoms with Crippen LogP contribution in [-0.4, -0.2) is 44.9 Å². The van der Waals surface area contributed by atoms with Gasteiger partial charge in [-0.15, -0.1) is 0 Å². The smallest absolute Gasteiger partial charge is 0.240 e. The molecule has 6 nitrogen and oxygen atoms in total. The number of sulfonamides is 1. The molecule has 0 aromatic heterocycles. The van der Waals surface area contributed by atoms with E-state index in [9.17, 15) is 13.2 Å². The van der Waals surface area contributed by atoms with Gasteiger partial charge in [0.25, 0.3) is 0 Å². The van der Waals surface area contributed by atoms with E-state index in [2.05, 4.69) is 39.2 Å². The van der Waals surface area contributed by atoms with Crippen LogP contribution in [0.2, 0.25) is 0 Å². The summed E-state index contributed by atoms with van der Waals surface area (Å²) in [7, 11) is -3.62. The summed E-state index contributed by atoms with van der Waals surface area (Å²) in [6.07, 6.45) is 3.53. The first-order valence-electron chi connectivity index (χ1n) is 11.0. The van der Waals surface area contributed by atoms with Gasteiger partial charge in [-0.2, -0.15) is 0 Å².